The molecule has 106 valence electrons. The maximum Gasteiger partial charge on any atom is 0.256 e. The smallest absolute Gasteiger partial charge is 0.256 e. The lowest BCUT2D eigenvalue weighted by atomic mass is 10.1. The zero-order valence-corrected chi connectivity index (χ0v) is 11.3. The summed E-state index contributed by atoms with van der Waals surface area (Å²) in [6, 6.07) is 4.28. The molecule has 0 unspecified atom stereocenters. The monoisotopic (exact) mass is 269 g/mol. The van der Waals surface area contributed by atoms with Crippen molar-refractivity contribution in [3.63, 3.8) is 0 Å². The van der Waals surface area contributed by atoms with Gasteiger partial charge in [0.1, 0.15) is 5.82 Å². The third-order valence-electron chi connectivity index (χ3n) is 2.77. The molecule has 0 aliphatic heterocycles. The van der Waals surface area contributed by atoms with Gasteiger partial charge in [-0.1, -0.05) is 6.07 Å². The maximum absolute atomic E-state index is 13.5. The molecule has 19 heavy (non-hydrogen) atoms. The third-order valence-corrected chi connectivity index (χ3v) is 2.77. The molecule has 1 aromatic rings. The number of nitrogens with one attached hydrogen (secondary N) is 1. The number of rotatable bonds is 7. The van der Waals surface area contributed by atoms with E-state index in [1.807, 2.05) is 13.8 Å². The normalized spacial score (nSPS) is 10.3. The van der Waals surface area contributed by atoms with E-state index >= 15 is 0 Å². The van der Waals surface area contributed by atoms with Gasteiger partial charge in [-0.25, -0.2) is 4.39 Å². The highest BCUT2D eigenvalue weighted by Gasteiger charge is 2.19. The molecule has 1 rings (SSSR count). The minimum atomic E-state index is -0.547. The number of benzene rings is 1. The number of nitrogen functional groups attached to an aromatic ring is 1. The molecular weight excluding hydrogens is 249 g/mol. The Morgan fingerprint density at radius 2 is 2.21 bits per heavy atom. The Balaban J connectivity index is 2.88. The number of nitrogens with zero attached hydrogens (tertiary/aromatic N) is 1. The quantitative estimate of drug-likeness (QED) is 0.448. The van der Waals surface area contributed by atoms with E-state index in [0.29, 0.717) is 26.3 Å². The number of amides is 1. The molecule has 3 N–H and O–H groups in total. The van der Waals surface area contributed by atoms with Crippen molar-refractivity contribution in [1.29, 1.82) is 0 Å². The minimum absolute atomic E-state index is 0.0161. The zero-order valence-electron chi connectivity index (χ0n) is 11.3. The number of hydrazine groups is 1. The Labute approximate surface area is 112 Å². The largest absolute Gasteiger partial charge is 0.380 e. The fourth-order valence-corrected chi connectivity index (χ4v) is 1.74. The van der Waals surface area contributed by atoms with Crippen LogP contribution in [0.2, 0.25) is 0 Å². The van der Waals surface area contributed by atoms with Crippen LogP contribution in [-0.2, 0) is 4.74 Å². The van der Waals surface area contributed by atoms with E-state index in [4.69, 9.17) is 10.6 Å². The standard InChI is InChI=1S/C13H20FN3O2/c1-3-17(8-9-19-4-2)13(18)10-6-5-7-11(14)12(10)16-15/h5-7,16H,3-4,8-9,15H2,1-2H3. The number of carbonyl (C=O) groups excluding carboxylic acids is 1. The average Bonchev–Trinajstić information content (AvgIpc) is 2.42. The Morgan fingerprint density at radius 1 is 1.47 bits per heavy atom. The Bertz CT molecular complexity index is 426. The van der Waals surface area contributed by atoms with Crippen molar-refractivity contribution in [3.8, 4) is 0 Å². The number of nitrogens with two attached hydrogens (primary N) is 1. The summed E-state index contributed by atoms with van der Waals surface area (Å²) in [4.78, 5) is 13.9. The van der Waals surface area contributed by atoms with E-state index in [1.54, 1.807) is 11.0 Å². The molecule has 0 bridgehead atoms. The fourth-order valence-electron chi connectivity index (χ4n) is 1.74. The summed E-state index contributed by atoms with van der Waals surface area (Å²) in [7, 11) is 0. The first-order valence-corrected chi connectivity index (χ1v) is 6.27. The van der Waals surface area contributed by atoms with E-state index in [-0.39, 0.29) is 17.2 Å². The molecule has 0 aliphatic rings. The van der Waals surface area contributed by atoms with Gasteiger partial charge in [-0.15, -0.1) is 0 Å². The van der Waals surface area contributed by atoms with Gasteiger partial charge in [0, 0.05) is 19.7 Å². The Morgan fingerprint density at radius 3 is 2.79 bits per heavy atom. The van der Waals surface area contributed by atoms with Gasteiger partial charge in [0.25, 0.3) is 5.91 Å². The minimum Gasteiger partial charge on any atom is -0.380 e. The molecule has 0 heterocycles. The second kappa shape index (κ2) is 7.70. The molecule has 1 amide bonds. The molecule has 0 saturated heterocycles. The number of para-hydroxylation sites is 1. The van der Waals surface area contributed by atoms with Crippen molar-refractivity contribution < 1.29 is 13.9 Å². The van der Waals surface area contributed by atoms with Crippen molar-refractivity contribution in [2.75, 3.05) is 31.7 Å². The van der Waals surface area contributed by atoms with Crippen LogP contribution < -0.4 is 11.3 Å². The summed E-state index contributed by atoms with van der Waals surface area (Å²) in [6.07, 6.45) is 0. The predicted octanol–water partition coefficient (Wildman–Crippen LogP) is 1.61. The van der Waals surface area contributed by atoms with Gasteiger partial charge in [-0.3, -0.25) is 10.6 Å². The second-order valence-corrected chi connectivity index (χ2v) is 3.89. The molecule has 0 aromatic heterocycles. The average molecular weight is 269 g/mol. The lowest BCUT2D eigenvalue weighted by Crippen LogP contribution is -2.34. The molecule has 0 spiro atoms. The lowest BCUT2D eigenvalue weighted by Gasteiger charge is -2.22. The molecule has 0 radical (unpaired) electrons. The number of carbonyl (C=O) groups is 1. The van der Waals surface area contributed by atoms with Crippen molar-refractivity contribution >= 4 is 11.6 Å². The van der Waals surface area contributed by atoms with Gasteiger partial charge in [0.2, 0.25) is 0 Å². The van der Waals surface area contributed by atoms with Crippen molar-refractivity contribution in [3.05, 3.63) is 29.6 Å². The van der Waals surface area contributed by atoms with Gasteiger partial charge < -0.3 is 15.1 Å². The number of hydrogen-bond donors (Lipinski definition) is 2. The van der Waals surface area contributed by atoms with Crippen LogP contribution in [0.25, 0.3) is 0 Å². The highest BCUT2D eigenvalue weighted by molar-refractivity contribution is 5.99. The maximum atomic E-state index is 13.5. The summed E-state index contributed by atoms with van der Waals surface area (Å²) in [5, 5.41) is 0. The van der Waals surface area contributed by atoms with Crippen LogP contribution in [-0.4, -0.2) is 37.1 Å². The van der Waals surface area contributed by atoms with Gasteiger partial charge in [-0.05, 0) is 26.0 Å². The van der Waals surface area contributed by atoms with E-state index < -0.39 is 5.82 Å². The molecule has 0 saturated carbocycles. The SMILES string of the molecule is CCOCCN(CC)C(=O)c1cccc(F)c1NN. The first kappa shape index (κ1) is 15.4. The number of likely N-dealkylation sites (N-methyl/N-ethyl adjacent to an activating group) is 1. The van der Waals surface area contributed by atoms with Gasteiger partial charge in [0.05, 0.1) is 17.9 Å². The second-order valence-electron chi connectivity index (χ2n) is 3.89. The molecular formula is C13H20FN3O2. The van der Waals surface area contributed by atoms with E-state index in [0.717, 1.165) is 0 Å². The molecule has 0 atom stereocenters. The van der Waals surface area contributed by atoms with Crippen LogP contribution in [0.5, 0.6) is 0 Å². The lowest BCUT2D eigenvalue weighted by molar-refractivity contribution is 0.0669. The van der Waals surface area contributed by atoms with Gasteiger partial charge in [-0.2, -0.15) is 0 Å². The van der Waals surface area contributed by atoms with Crippen LogP contribution in [0, 0.1) is 5.82 Å². The van der Waals surface area contributed by atoms with E-state index in [9.17, 15) is 9.18 Å². The third kappa shape index (κ3) is 3.90. The highest BCUT2D eigenvalue weighted by Crippen LogP contribution is 2.20. The van der Waals surface area contributed by atoms with Crippen LogP contribution in [0.15, 0.2) is 18.2 Å². The van der Waals surface area contributed by atoms with Crippen molar-refractivity contribution in [2.24, 2.45) is 5.84 Å². The van der Waals surface area contributed by atoms with E-state index in [1.165, 1.54) is 12.1 Å². The molecule has 0 aliphatic carbocycles. The summed E-state index contributed by atoms with van der Waals surface area (Å²) in [5.74, 6) is 4.45. The summed E-state index contributed by atoms with van der Waals surface area (Å²) in [6.45, 7) is 5.79. The van der Waals surface area contributed by atoms with Crippen molar-refractivity contribution in [1.82, 2.24) is 4.90 Å². The summed E-state index contributed by atoms with van der Waals surface area (Å²) < 4.78 is 18.8. The molecule has 5 nitrogen and oxygen atoms in total. The number of anilines is 1. The van der Waals surface area contributed by atoms with Crippen LogP contribution >= 0.6 is 0 Å². The summed E-state index contributed by atoms with van der Waals surface area (Å²) in [5.41, 5.74) is 2.48. The first-order chi connectivity index (χ1) is 9.15. The Hall–Kier alpha value is -1.66. The Kier molecular flexibility index (Phi) is 6.24. The summed E-state index contributed by atoms with van der Waals surface area (Å²) >= 11 is 0. The predicted molar refractivity (Wildman–Crippen MR) is 72.3 cm³/mol. The van der Waals surface area contributed by atoms with Gasteiger partial charge in [0.15, 0.2) is 0 Å². The fraction of sp³-hybridized carbons (Fsp3) is 0.462. The highest BCUT2D eigenvalue weighted by atomic mass is 19.1. The van der Waals surface area contributed by atoms with Crippen molar-refractivity contribution in [2.45, 2.75) is 13.8 Å². The number of ether oxygens (including phenoxy) is 1. The molecule has 0 fully saturated rings. The van der Waals surface area contributed by atoms with Crippen LogP contribution in [0.1, 0.15) is 24.2 Å². The molecule has 1 aromatic carbocycles. The number of hydrogen-bond acceptors (Lipinski definition) is 4. The zero-order chi connectivity index (χ0) is 14.3. The van der Waals surface area contributed by atoms with Gasteiger partial charge >= 0.3 is 0 Å². The van der Waals surface area contributed by atoms with Crippen LogP contribution in [0.4, 0.5) is 10.1 Å². The molecule has 6 heteroatoms. The van der Waals surface area contributed by atoms with E-state index in [2.05, 4.69) is 5.43 Å². The topological polar surface area (TPSA) is 67.6 Å². The first-order valence-electron chi connectivity index (χ1n) is 6.27. The number of halogens is 1. The van der Waals surface area contributed by atoms with Crippen LogP contribution in [0.3, 0.4) is 0 Å².